The number of ether oxygens (including phenoxy) is 1. The van der Waals surface area contributed by atoms with Crippen LogP contribution in [0.4, 0.5) is 0 Å². The maximum Gasteiger partial charge on any atom is 0.119 e. The molecule has 0 saturated carbocycles. The lowest BCUT2D eigenvalue weighted by atomic mass is 9.99. The summed E-state index contributed by atoms with van der Waals surface area (Å²) in [6, 6.07) is 13.9. The van der Waals surface area contributed by atoms with Crippen molar-refractivity contribution in [1.29, 1.82) is 0 Å². The molecule has 0 aromatic heterocycles. The van der Waals surface area contributed by atoms with Gasteiger partial charge in [-0.05, 0) is 55.8 Å². The van der Waals surface area contributed by atoms with Crippen molar-refractivity contribution in [3.63, 3.8) is 0 Å². The molecule has 0 saturated heterocycles. The molecule has 0 radical (unpaired) electrons. The van der Waals surface area contributed by atoms with Gasteiger partial charge in [0.15, 0.2) is 0 Å². The van der Waals surface area contributed by atoms with Crippen molar-refractivity contribution < 1.29 is 4.74 Å². The van der Waals surface area contributed by atoms with E-state index in [-0.39, 0.29) is 6.04 Å². The second-order valence-electron chi connectivity index (χ2n) is 4.79. The maximum atomic E-state index is 6.26. The van der Waals surface area contributed by atoms with Crippen molar-refractivity contribution in [3.05, 3.63) is 63.6 Å². The summed E-state index contributed by atoms with van der Waals surface area (Å²) in [6.45, 7) is 2.65. The molecule has 2 nitrogen and oxygen atoms in total. The van der Waals surface area contributed by atoms with Gasteiger partial charge in [0.1, 0.15) is 5.75 Å². The topological polar surface area (TPSA) is 21.3 Å². The number of benzene rings is 2. The molecule has 0 amide bonds. The van der Waals surface area contributed by atoms with Gasteiger partial charge in [-0.2, -0.15) is 0 Å². The molecule has 4 heteroatoms. The van der Waals surface area contributed by atoms with Crippen molar-refractivity contribution in [1.82, 2.24) is 5.32 Å². The van der Waals surface area contributed by atoms with Crippen molar-refractivity contribution in [2.75, 3.05) is 13.7 Å². The molecule has 0 fully saturated rings. The van der Waals surface area contributed by atoms with Gasteiger partial charge in [-0.3, -0.25) is 0 Å². The van der Waals surface area contributed by atoms with Gasteiger partial charge in [0, 0.05) is 16.1 Å². The van der Waals surface area contributed by atoms with E-state index in [1.165, 1.54) is 5.56 Å². The van der Waals surface area contributed by atoms with Crippen molar-refractivity contribution in [3.8, 4) is 5.75 Å². The third-order valence-corrected chi connectivity index (χ3v) is 3.95. The molecule has 1 N–H and O–H groups in total. The first-order valence-electron chi connectivity index (χ1n) is 6.98. The van der Waals surface area contributed by atoms with Gasteiger partial charge in [-0.15, -0.1) is 0 Å². The molecule has 1 unspecified atom stereocenters. The van der Waals surface area contributed by atoms with Gasteiger partial charge >= 0.3 is 0 Å². The SMILES string of the molecule is CCOc1cccc(C(Cc2ccc(Cl)cc2Cl)NC)c1. The molecule has 21 heavy (non-hydrogen) atoms. The highest BCUT2D eigenvalue weighted by Gasteiger charge is 2.13. The average Bonchev–Trinajstić information content (AvgIpc) is 2.47. The van der Waals surface area contributed by atoms with Gasteiger partial charge in [0.25, 0.3) is 0 Å². The summed E-state index contributed by atoms with van der Waals surface area (Å²) in [4.78, 5) is 0. The molecule has 1 atom stereocenters. The van der Waals surface area contributed by atoms with Crippen LogP contribution in [0.25, 0.3) is 0 Å². The van der Waals surface area contributed by atoms with Crippen LogP contribution in [0, 0.1) is 0 Å². The molecule has 0 aliphatic rings. The molecule has 0 bridgehead atoms. The van der Waals surface area contributed by atoms with Crippen LogP contribution < -0.4 is 10.1 Å². The Morgan fingerprint density at radius 3 is 2.62 bits per heavy atom. The first-order valence-corrected chi connectivity index (χ1v) is 7.73. The highest BCUT2D eigenvalue weighted by atomic mass is 35.5. The average molecular weight is 324 g/mol. The largest absolute Gasteiger partial charge is 0.494 e. The minimum Gasteiger partial charge on any atom is -0.494 e. The molecular formula is C17H19Cl2NO. The summed E-state index contributed by atoms with van der Waals surface area (Å²) < 4.78 is 5.56. The Kier molecular flexibility index (Phi) is 5.92. The summed E-state index contributed by atoms with van der Waals surface area (Å²) in [5.74, 6) is 0.887. The van der Waals surface area contributed by atoms with Crippen LogP contribution in [-0.4, -0.2) is 13.7 Å². The van der Waals surface area contributed by atoms with Gasteiger partial charge < -0.3 is 10.1 Å². The van der Waals surface area contributed by atoms with E-state index in [4.69, 9.17) is 27.9 Å². The molecule has 2 aromatic rings. The van der Waals surface area contributed by atoms with Gasteiger partial charge in [-0.1, -0.05) is 41.4 Å². The first-order chi connectivity index (χ1) is 10.1. The third-order valence-electron chi connectivity index (χ3n) is 3.36. The molecule has 2 aromatic carbocycles. The van der Waals surface area contributed by atoms with Crippen LogP contribution >= 0.6 is 23.2 Å². The van der Waals surface area contributed by atoms with E-state index < -0.39 is 0 Å². The molecule has 2 rings (SSSR count). The van der Waals surface area contributed by atoms with Crippen LogP contribution in [0.3, 0.4) is 0 Å². The number of likely N-dealkylation sites (N-methyl/N-ethyl adjacent to an activating group) is 1. The Labute approximate surface area is 136 Å². The van der Waals surface area contributed by atoms with E-state index in [2.05, 4.69) is 17.4 Å². The zero-order valence-electron chi connectivity index (χ0n) is 12.2. The molecule has 0 spiro atoms. The van der Waals surface area contributed by atoms with E-state index >= 15 is 0 Å². The highest BCUT2D eigenvalue weighted by Crippen LogP contribution is 2.27. The van der Waals surface area contributed by atoms with Crippen LogP contribution in [0.2, 0.25) is 10.0 Å². The fourth-order valence-electron chi connectivity index (χ4n) is 2.28. The summed E-state index contributed by atoms with van der Waals surface area (Å²) >= 11 is 12.2. The smallest absolute Gasteiger partial charge is 0.119 e. The van der Waals surface area contributed by atoms with Crippen LogP contribution in [0.1, 0.15) is 24.1 Å². The van der Waals surface area contributed by atoms with E-state index in [0.717, 1.165) is 17.7 Å². The minimum absolute atomic E-state index is 0.170. The van der Waals surface area contributed by atoms with Gasteiger partial charge in [0.05, 0.1) is 6.61 Å². The Bertz CT molecular complexity index is 601. The molecular weight excluding hydrogens is 305 g/mol. The molecule has 0 heterocycles. The Balaban J connectivity index is 2.21. The van der Waals surface area contributed by atoms with E-state index in [0.29, 0.717) is 16.7 Å². The predicted octanol–water partition coefficient (Wildman–Crippen LogP) is 4.90. The van der Waals surface area contributed by atoms with Gasteiger partial charge in [-0.25, -0.2) is 0 Å². The predicted molar refractivity (Wildman–Crippen MR) is 89.6 cm³/mol. The fraction of sp³-hybridized carbons (Fsp3) is 0.294. The number of hydrogen-bond donors (Lipinski definition) is 1. The normalized spacial score (nSPS) is 12.2. The zero-order valence-corrected chi connectivity index (χ0v) is 13.7. The van der Waals surface area contributed by atoms with Crippen LogP contribution in [0.5, 0.6) is 5.75 Å². The Morgan fingerprint density at radius 1 is 1.14 bits per heavy atom. The summed E-state index contributed by atoms with van der Waals surface area (Å²) in [7, 11) is 1.95. The number of rotatable bonds is 6. The lowest BCUT2D eigenvalue weighted by molar-refractivity contribution is 0.339. The lowest BCUT2D eigenvalue weighted by Gasteiger charge is -2.18. The minimum atomic E-state index is 0.170. The standard InChI is InChI=1S/C17H19Cl2NO/c1-3-21-15-6-4-5-13(9-15)17(20-2)10-12-7-8-14(18)11-16(12)19/h4-9,11,17,20H,3,10H2,1-2H3. The number of nitrogens with one attached hydrogen (secondary N) is 1. The maximum absolute atomic E-state index is 6.26. The Morgan fingerprint density at radius 2 is 1.95 bits per heavy atom. The van der Waals surface area contributed by atoms with Crippen molar-refractivity contribution >= 4 is 23.2 Å². The molecule has 112 valence electrons. The summed E-state index contributed by atoms with van der Waals surface area (Å²) in [5.41, 5.74) is 2.25. The van der Waals surface area contributed by atoms with Crippen molar-refractivity contribution in [2.24, 2.45) is 0 Å². The third kappa shape index (κ3) is 4.37. The monoisotopic (exact) mass is 323 g/mol. The fourth-order valence-corrected chi connectivity index (χ4v) is 2.77. The second kappa shape index (κ2) is 7.69. The van der Waals surface area contributed by atoms with E-state index in [1.807, 2.05) is 38.2 Å². The van der Waals surface area contributed by atoms with Crippen molar-refractivity contribution in [2.45, 2.75) is 19.4 Å². The van der Waals surface area contributed by atoms with E-state index in [1.54, 1.807) is 6.07 Å². The van der Waals surface area contributed by atoms with Crippen LogP contribution in [0.15, 0.2) is 42.5 Å². The highest BCUT2D eigenvalue weighted by molar-refractivity contribution is 6.35. The molecule has 0 aliphatic carbocycles. The number of halogens is 2. The summed E-state index contributed by atoms with van der Waals surface area (Å²) in [5, 5.41) is 4.68. The number of hydrogen-bond acceptors (Lipinski definition) is 2. The lowest BCUT2D eigenvalue weighted by Crippen LogP contribution is -2.19. The first kappa shape index (κ1) is 16.2. The Hall–Kier alpha value is -1.22. The van der Waals surface area contributed by atoms with Crippen LogP contribution in [-0.2, 0) is 6.42 Å². The second-order valence-corrected chi connectivity index (χ2v) is 5.63. The zero-order chi connectivity index (χ0) is 15.2. The van der Waals surface area contributed by atoms with E-state index in [9.17, 15) is 0 Å². The quantitative estimate of drug-likeness (QED) is 0.816. The molecule has 0 aliphatic heterocycles. The van der Waals surface area contributed by atoms with Gasteiger partial charge in [0.2, 0.25) is 0 Å². The summed E-state index contributed by atoms with van der Waals surface area (Å²) in [6.07, 6.45) is 0.794.